The van der Waals surface area contributed by atoms with E-state index in [1.54, 1.807) is 7.11 Å². The summed E-state index contributed by atoms with van der Waals surface area (Å²) in [4.78, 5) is 2.22. The van der Waals surface area contributed by atoms with Crippen molar-refractivity contribution in [1.82, 2.24) is 10.2 Å². The average Bonchev–Trinajstić information content (AvgIpc) is 2.87. The lowest BCUT2D eigenvalue weighted by Gasteiger charge is -2.18. The number of benzene rings is 3. The number of rotatable bonds is 13. The molecule has 7 heteroatoms. The number of nitrogens with zero attached hydrogens (tertiary/aromatic N) is 1. The summed E-state index contributed by atoms with van der Waals surface area (Å²) >= 11 is 0. The number of methoxy groups -OCH3 is 1. The molecule has 194 valence electrons. The molecule has 0 amide bonds. The van der Waals surface area contributed by atoms with Gasteiger partial charge in [-0.2, -0.15) is 13.2 Å². The minimum absolute atomic E-state index is 0.203. The van der Waals surface area contributed by atoms with E-state index in [1.807, 2.05) is 36.4 Å². The second kappa shape index (κ2) is 13.3. The summed E-state index contributed by atoms with van der Waals surface area (Å²) in [7, 11) is 3.71. The van der Waals surface area contributed by atoms with Crippen molar-refractivity contribution in [3.63, 3.8) is 0 Å². The molecule has 0 fully saturated rings. The molecule has 3 aromatic carbocycles. The molecule has 4 nitrogen and oxygen atoms in total. The number of ether oxygens (including phenoxy) is 2. The maximum absolute atomic E-state index is 12.7. The van der Waals surface area contributed by atoms with Crippen LogP contribution in [0.25, 0.3) is 0 Å². The lowest BCUT2D eigenvalue weighted by atomic mass is 10.0. The summed E-state index contributed by atoms with van der Waals surface area (Å²) in [5.41, 5.74) is 2.61. The van der Waals surface area contributed by atoms with E-state index < -0.39 is 11.7 Å². The van der Waals surface area contributed by atoms with Crippen molar-refractivity contribution in [3.05, 3.63) is 95.1 Å². The summed E-state index contributed by atoms with van der Waals surface area (Å²) in [5, 5.41) is 3.38. The van der Waals surface area contributed by atoms with E-state index in [-0.39, 0.29) is 6.04 Å². The summed E-state index contributed by atoms with van der Waals surface area (Å²) in [6.45, 7) is 4.82. The Morgan fingerprint density at radius 3 is 2.25 bits per heavy atom. The Kier molecular flexibility index (Phi) is 10.2. The summed E-state index contributed by atoms with van der Waals surface area (Å²) in [6, 6.07) is 21.8. The SMILES string of the molecule is COc1cc(CCC(C)NCc2ccc(C(F)(F)F)cc2)ccc1OCCN(C)Cc1ccccc1. The van der Waals surface area contributed by atoms with Gasteiger partial charge in [0.05, 0.1) is 12.7 Å². The van der Waals surface area contributed by atoms with Crippen LogP contribution in [0.1, 0.15) is 35.6 Å². The van der Waals surface area contributed by atoms with Crippen molar-refractivity contribution in [2.45, 2.75) is 45.1 Å². The normalized spacial score (nSPS) is 12.5. The molecule has 1 atom stereocenters. The molecular weight excluding hydrogens is 465 g/mol. The Morgan fingerprint density at radius 2 is 1.58 bits per heavy atom. The molecule has 0 aliphatic rings. The predicted molar refractivity (Wildman–Crippen MR) is 137 cm³/mol. The molecule has 36 heavy (non-hydrogen) atoms. The van der Waals surface area contributed by atoms with Gasteiger partial charge in [0.15, 0.2) is 11.5 Å². The maximum Gasteiger partial charge on any atom is 0.416 e. The van der Waals surface area contributed by atoms with Crippen LogP contribution in [0.5, 0.6) is 11.5 Å². The fourth-order valence-corrected chi connectivity index (χ4v) is 3.86. The molecule has 0 aliphatic carbocycles. The van der Waals surface area contributed by atoms with Crippen LogP contribution in [0.2, 0.25) is 0 Å². The zero-order chi connectivity index (χ0) is 26.0. The molecule has 3 rings (SSSR count). The summed E-state index contributed by atoms with van der Waals surface area (Å²) < 4.78 is 49.7. The highest BCUT2D eigenvalue weighted by Crippen LogP contribution is 2.30. The van der Waals surface area contributed by atoms with E-state index in [0.29, 0.717) is 18.9 Å². The predicted octanol–water partition coefficient (Wildman–Crippen LogP) is 6.34. The minimum Gasteiger partial charge on any atom is -0.493 e. The van der Waals surface area contributed by atoms with Crippen LogP contribution in [0, 0.1) is 0 Å². The fourth-order valence-electron chi connectivity index (χ4n) is 3.86. The molecule has 0 spiro atoms. The van der Waals surface area contributed by atoms with Crippen molar-refractivity contribution in [1.29, 1.82) is 0 Å². The van der Waals surface area contributed by atoms with Gasteiger partial charge in [-0.1, -0.05) is 48.5 Å². The molecule has 0 saturated heterocycles. The molecule has 0 bridgehead atoms. The molecule has 0 radical (unpaired) electrons. The molecule has 1 unspecified atom stereocenters. The monoisotopic (exact) mass is 500 g/mol. The first kappa shape index (κ1) is 27.6. The third kappa shape index (κ3) is 8.88. The highest BCUT2D eigenvalue weighted by Gasteiger charge is 2.29. The average molecular weight is 501 g/mol. The first-order valence-corrected chi connectivity index (χ1v) is 12.2. The Morgan fingerprint density at radius 1 is 0.889 bits per heavy atom. The minimum atomic E-state index is -4.31. The molecular formula is C29H35F3N2O2. The number of halogens is 3. The van der Waals surface area contributed by atoms with Crippen molar-refractivity contribution >= 4 is 0 Å². The van der Waals surface area contributed by atoms with E-state index in [1.165, 1.54) is 17.7 Å². The van der Waals surface area contributed by atoms with Crippen LogP contribution in [-0.4, -0.2) is 38.3 Å². The van der Waals surface area contributed by atoms with Gasteiger partial charge in [-0.3, -0.25) is 4.90 Å². The number of aryl methyl sites for hydroxylation is 1. The summed E-state index contributed by atoms with van der Waals surface area (Å²) in [5.74, 6) is 1.44. The largest absolute Gasteiger partial charge is 0.493 e. The summed E-state index contributed by atoms with van der Waals surface area (Å²) in [6.07, 6.45) is -2.58. The number of hydrogen-bond acceptors (Lipinski definition) is 4. The van der Waals surface area contributed by atoms with Gasteiger partial charge < -0.3 is 14.8 Å². The standard InChI is InChI=1S/C29H35F3N2O2/c1-22(33-20-24-11-14-26(15-12-24)29(30,31)32)9-10-23-13-16-27(28(19-23)35-3)36-18-17-34(2)21-25-7-5-4-6-8-25/h4-8,11-16,19,22,33H,9-10,17-18,20-21H2,1-3H3. The van der Waals surface area contributed by atoms with Gasteiger partial charge in [0.25, 0.3) is 0 Å². The Bertz CT molecular complexity index is 1060. The topological polar surface area (TPSA) is 33.7 Å². The second-order valence-electron chi connectivity index (χ2n) is 9.07. The first-order chi connectivity index (χ1) is 17.2. The van der Waals surface area contributed by atoms with Crippen LogP contribution in [0.15, 0.2) is 72.8 Å². The maximum atomic E-state index is 12.7. The molecule has 0 aromatic heterocycles. The highest BCUT2D eigenvalue weighted by molar-refractivity contribution is 5.43. The van der Waals surface area contributed by atoms with Crippen molar-refractivity contribution in [2.24, 2.45) is 0 Å². The first-order valence-electron chi connectivity index (χ1n) is 12.2. The van der Waals surface area contributed by atoms with Crippen LogP contribution in [0.3, 0.4) is 0 Å². The van der Waals surface area contributed by atoms with Crippen LogP contribution in [0.4, 0.5) is 13.2 Å². The zero-order valence-electron chi connectivity index (χ0n) is 21.1. The number of hydrogen-bond donors (Lipinski definition) is 1. The molecule has 0 heterocycles. The molecule has 0 saturated carbocycles. The van der Waals surface area contributed by atoms with E-state index in [9.17, 15) is 13.2 Å². The van der Waals surface area contributed by atoms with Crippen LogP contribution in [-0.2, 0) is 25.7 Å². The number of nitrogens with one attached hydrogen (secondary N) is 1. The van der Waals surface area contributed by atoms with Gasteiger partial charge in [0.1, 0.15) is 6.61 Å². The molecule has 1 N–H and O–H groups in total. The van der Waals surface area contributed by atoms with Gasteiger partial charge in [0, 0.05) is 25.7 Å². The van der Waals surface area contributed by atoms with E-state index >= 15 is 0 Å². The quantitative estimate of drug-likeness (QED) is 0.297. The Hall–Kier alpha value is -3.03. The Balaban J connectivity index is 1.42. The zero-order valence-corrected chi connectivity index (χ0v) is 21.1. The fraction of sp³-hybridized carbons (Fsp3) is 0.379. The lowest BCUT2D eigenvalue weighted by molar-refractivity contribution is -0.137. The number of alkyl halides is 3. The van der Waals surface area contributed by atoms with Crippen LogP contribution < -0.4 is 14.8 Å². The molecule has 3 aromatic rings. The third-order valence-electron chi connectivity index (χ3n) is 6.06. The third-order valence-corrected chi connectivity index (χ3v) is 6.06. The van der Waals surface area contributed by atoms with Gasteiger partial charge in [0.2, 0.25) is 0 Å². The van der Waals surface area contributed by atoms with E-state index in [2.05, 4.69) is 36.3 Å². The van der Waals surface area contributed by atoms with E-state index in [0.717, 1.165) is 54.9 Å². The highest BCUT2D eigenvalue weighted by atomic mass is 19.4. The lowest BCUT2D eigenvalue weighted by Crippen LogP contribution is -2.26. The van der Waals surface area contributed by atoms with Crippen LogP contribution >= 0.6 is 0 Å². The molecule has 0 aliphatic heterocycles. The van der Waals surface area contributed by atoms with Gasteiger partial charge in [-0.25, -0.2) is 0 Å². The van der Waals surface area contributed by atoms with Gasteiger partial charge >= 0.3 is 6.18 Å². The number of likely N-dealkylation sites (N-methyl/N-ethyl adjacent to an activating group) is 1. The van der Waals surface area contributed by atoms with E-state index in [4.69, 9.17) is 9.47 Å². The Labute approximate surface area is 212 Å². The second-order valence-corrected chi connectivity index (χ2v) is 9.07. The van der Waals surface area contributed by atoms with Crippen molar-refractivity contribution in [2.75, 3.05) is 27.3 Å². The smallest absolute Gasteiger partial charge is 0.416 e. The van der Waals surface area contributed by atoms with Gasteiger partial charge in [-0.05, 0) is 67.8 Å². The van der Waals surface area contributed by atoms with Crippen molar-refractivity contribution in [3.8, 4) is 11.5 Å². The van der Waals surface area contributed by atoms with Crippen molar-refractivity contribution < 1.29 is 22.6 Å². The van der Waals surface area contributed by atoms with Gasteiger partial charge in [-0.15, -0.1) is 0 Å².